The Morgan fingerprint density at radius 2 is 1.95 bits per heavy atom. The predicted octanol–water partition coefficient (Wildman–Crippen LogP) is 3.43. The molecule has 0 atom stereocenters. The van der Waals surface area contributed by atoms with E-state index in [-0.39, 0.29) is 6.54 Å². The molecule has 1 aromatic heterocycles. The van der Waals surface area contributed by atoms with Gasteiger partial charge in [-0.2, -0.15) is 0 Å². The molecule has 1 heterocycles. The van der Waals surface area contributed by atoms with Gasteiger partial charge >= 0.3 is 0 Å². The molecule has 0 aliphatic carbocycles. The molecular weight excluding hydrogens is 272 g/mol. The van der Waals surface area contributed by atoms with Crippen LogP contribution < -0.4 is 10.2 Å². The molecule has 0 fully saturated rings. The number of pyridine rings is 1. The first-order chi connectivity index (χ1) is 9.97. The van der Waals surface area contributed by atoms with Crippen molar-refractivity contribution in [3.05, 3.63) is 35.9 Å². The van der Waals surface area contributed by atoms with Crippen molar-refractivity contribution in [2.45, 2.75) is 32.9 Å². The molecule has 0 bridgehead atoms. The monoisotopic (exact) mass is 293 g/mol. The summed E-state index contributed by atoms with van der Waals surface area (Å²) in [6.45, 7) is 4.40. The van der Waals surface area contributed by atoms with Gasteiger partial charge in [0.05, 0.1) is 12.1 Å². The molecule has 0 saturated carbocycles. The summed E-state index contributed by atoms with van der Waals surface area (Å²) in [6.07, 6.45) is -2.38. The maximum atomic E-state index is 12.6. The average Bonchev–Trinajstić information content (AvgIpc) is 2.43. The van der Waals surface area contributed by atoms with E-state index in [2.05, 4.69) is 24.1 Å². The van der Waals surface area contributed by atoms with Crippen molar-refractivity contribution < 1.29 is 8.78 Å². The van der Waals surface area contributed by atoms with E-state index >= 15 is 0 Å². The number of aromatic nitrogens is 1. The van der Waals surface area contributed by atoms with Crippen LogP contribution >= 0.6 is 0 Å². The summed E-state index contributed by atoms with van der Waals surface area (Å²) in [5.41, 5.74) is 1.76. The summed E-state index contributed by atoms with van der Waals surface area (Å²) in [5, 5.41) is 4.34. The molecule has 5 heteroatoms. The highest BCUT2D eigenvalue weighted by molar-refractivity contribution is 5.81. The highest BCUT2D eigenvalue weighted by atomic mass is 19.3. The number of para-hydroxylation sites is 1. The number of anilines is 1. The third kappa shape index (κ3) is 4.11. The molecular formula is C16H21F2N3. The summed E-state index contributed by atoms with van der Waals surface area (Å²) in [5.74, 6) is 0.613. The third-order valence-electron chi connectivity index (χ3n) is 3.25. The van der Waals surface area contributed by atoms with Crippen molar-refractivity contribution >= 4 is 16.7 Å². The number of nitrogens with zero attached hydrogens (tertiary/aromatic N) is 2. The number of rotatable bonds is 6. The van der Waals surface area contributed by atoms with Crippen molar-refractivity contribution in [2.75, 3.05) is 18.5 Å². The molecule has 0 aliphatic heterocycles. The second-order valence-corrected chi connectivity index (χ2v) is 5.47. The fourth-order valence-electron chi connectivity index (χ4n) is 2.22. The van der Waals surface area contributed by atoms with E-state index in [1.54, 1.807) is 7.05 Å². The zero-order valence-corrected chi connectivity index (χ0v) is 12.6. The van der Waals surface area contributed by atoms with Crippen LogP contribution in [0.4, 0.5) is 14.6 Å². The number of benzene rings is 1. The molecule has 3 nitrogen and oxygen atoms in total. The minimum Gasteiger partial charge on any atom is -0.354 e. The van der Waals surface area contributed by atoms with Crippen LogP contribution in [0.25, 0.3) is 10.9 Å². The maximum absolute atomic E-state index is 12.6. The molecule has 114 valence electrons. The molecule has 0 spiro atoms. The van der Waals surface area contributed by atoms with Crippen LogP contribution in [0, 0.1) is 0 Å². The lowest BCUT2D eigenvalue weighted by Crippen LogP contribution is -2.28. The quantitative estimate of drug-likeness (QED) is 0.884. The molecule has 1 aromatic carbocycles. The molecule has 2 aromatic rings. The van der Waals surface area contributed by atoms with Gasteiger partial charge in [0, 0.05) is 30.6 Å². The van der Waals surface area contributed by atoms with E-state index in [0.29, 0.717) is 18.4 Å². The fourth-order valence-corrected chi connectivity index (χ4v) is 2.22. The Kier molecular flexibility index (Phi) is 5.07. The van der Waals surface area contributed by atoms with Crippen LogP contribution in [0.3, 0.4) is 0 Å². The normalized spacial score (nSPS) is 11.6. The summed E-state index contributed by atoms with van der Waals surface area (Å²) in [7, 11) is 1.65. The maximum Gasteiger partial charge on any atom is 0.255 e. The molecule has 0 radical (unpaired) electrons. The second kappa shape index (κ2) is 6.80. The Hall–Kier alpha value is -1.75. The van der Waals surface area contributed by atoms with Gasteiger partial charge in [-0.15, -0.1) is 0 Å². The van der Waals surface area contributed by atoms with Crippen LogP contribution in [0.15, 0.2) is 30.3 Å². The Labute approximate surface area is 124 Å². The minimum absolute atomic E-state index is 0.319. The smallest absolute Gasteiger partial charge is 0.255 e. The van der Waals surface area contributed by atoms with Crippen LogP contribution in [0.5, 0.6) is 0 Å². The first-order valence-corrected chi connectivity index (χ1v) is 7.08. The zero-order chi connectivity index (χ0) is 15.4. The molecule has 0 aliphatic rings. The Morgan fingerprint density at radius 3 is 2.62 bits per heavy atom. The van der Waals surface area contributed by atoms with E-state index in [0.717, 1.165) is 16.5 Å². The topological polar surface area (TPSA) is 28.2 Å². The molecule has 2 rings (SSSR count). The molecule has 0 amide bonds. The molecule has 0 unspecified atom stereocenters. The number of hydrogen-bond donors (Lipinski definition) is 1. The second-order valence-electron chi connectivity index (χ2n) is 5.47. The van der Waals surface area contributed by atoms with E-state index in [1.807, 2.05) is 30.3 Å². The van der Waals surface area contributed by atoms with E-state index in [4.69, 9.17) is 0 Å². The summed E-state index contributed by atoms with van der Waals surface area (Å²) >= 11 is 0. The number of halogens is 2. The highest BCUT2D eigenvalue weighted by Gasteiger charge is 2.15. The lowest BCUT2D eigenvalue weighted by Gasteiger charge is -2.22. The van der Waals surface area contributed by atoms with E-state index in [9.17, 15) is 8.78 Å². The molecule has 0 saturated heterocycles. The predicted molar refractivity (Wildman–Crippen MR) is 83.0 cm³/mol. The van der Waals surface area contributed by atoms with Crippen LogP contribution in [0.1, 0.15) is 19.4 Å². The van der Waals surface area contributed by atoms with Gasteiger partial charge in [-0.3, -0.25) is 0 Å². The average molecular weight is 293 g/mol. The summed E-state index contributed by atoms with van der Waals surface area (Å²) < 4.78 is 25.3. The van der Waals surface area contributed by atoms with Gasteiger partial charge in [0.1, 0.15) is 5.82 Å². The van der Waals surface area contributed by atoms with Crippen LogP contribution in [-0.2, 0) is 6.54 Å². The van der Waals surface area contributed by atoms with Gasteiger partial charge in [-0.05, 0) is 12.1 Å². The lowest BCUT2D eigenvalue weighted by atomic mass is 10.1. The summed E-state index contributed by atoms with van der Waals surface area (Å²) in [4.78, 5) is 6.08. The third-order valence-corrected chi connectivity index (χ3v) is 3.25. The number of nitrogens with one attached hydrogen (secondary N) is 1. The SMILES string of the molecule is CC(C)NCc1cc2ccccc2nc1N(C)CC(F)F. The Bertz CT molecular complexity index is 599. The standard InChI is InChI=1S/C16H21F2N3/c1-11(2)19-9-13-8-12-6-4-5-7-14(12)20-16(13)21(3)10-15(17)18/h4-8,11,15,19H,9-10H2,1-3H3. The zero-order valence-electron chi connectivity index (χ0n) is 12.6. The highest BCUT2D eigenvalue weighted by Crippen LogP contribution is 2.23. The van der Waals surface area contributed by atoms with Crippen molar-refractivity contribution in [1.82, 2.24) is 10.3 Å². The van der Waals surface area contributed by atoms with Crippen molar-refractivity contribution in [3.8, 4) is 0 Å². The van der Waals surface area contributed by atoms with Gasteiger partial charge in [0.25, 0.3) is 6.43 Å². The minimum atomic E-state index is -2.38. The van der Waals surface area contributed by atoms with Crippen molar-refractivity contribution in [1.29, 1.82) is 0 Å². The van der Waals surface area contributed by atoms with E-state index < -0.39 is 6.43 Å². The largest absolute Gasteiger partial charge is 0.354 e. The fraction of sp³-hybridized carbons (Fsp3) is 0.438. The number of fused-ring (bicyclic) bond motifs is 1. The first kappa shape index (κ1) is 15.6. The van der Waals surface area contributed by atoms with Gasteiger partial charge in [-0.25, -0.2) is 13.8 Å². The van der Waals surface area contributed by atoms with Crippen molar-refractivity contribution in [3.63, 3.8) is 0 Å². The number of hydrogen-bond acceptors (Lipinski definition) is 3. The number of alkyl halides is 2. The van der Waals surface area contributed by atoms with Crippen LogP contribution in [-0.4, -0.2) is 31.0 Å². The Morgan fingerprint density at radius 1 is 1.24 bits per heavy atom. The van der Waals surface area contributed by atoms with Crippen molar-refractivity contribution in [2.24, 2.45) is 0 Å². The molecule has 21 heavy (non-hydrogen) atoms. The van der Waals surface area contributed by atoms with Gasteiger partial charge < -0.3 is 10.2 Å². The van der Waals surface area contributed by atoms with E-state index in [1.165, 1.54) is 4.90 Å². The van der Waals surface area contributed by atoms with Gasteiger partial charge in [0.15, 0.2) is 0 Å². The Balaban J connectivity index is 2.40. The van der Waals surface area contributed by atoms with Gasteiger partial charge in [-0.1, -0.05) is 32.0 Å². The van der Waals surface area contributed by atoms with Crippen LogP contribution in [0.2, 0.25) is 0 Å². The lowest BCUT2D eigenvalue weighted by molar-refractivity contribution is 0.156. The molecule has 1 N–H and O–H groups in total. The summed E-state index contributed by atoms with van der Waals surface area (Å²) in [6, 6.07) is 10.1. The first-order valence-electron chi connectivity index (χ1n) is 7.08. The van der Waals surface area contributed by atoms with Gasteiger partial charge in [0.2, 0.25) is 0 Å².